The first-order valence-corrected chi connectivity index (χ1v) is 28.4. The van der Waals surface area contributed by atoms with Gasteiger partial charge in [0.2, 0.25) is 11.8 Å². The van der Waals surface area contributed by atoms with Gasteiger partial charge < -0.3 is 20.0 Å². The van der Waals surface area contributed by atoms with Gasteiger partial charge in [0.05, 0.1) is 0 Å². The maximum absolute atomic E-state index is 11.3. The van der Waals surface area contributed by atoms with Gasteiger partial charge >= 0.3 is 0 Å². The van der Waals surface area contributed by atoms with Crippen molar-refractivity contribution in [3.05, 3.63) is 65.2 Å². The van der Waals surface area contributed by atoms with E-state index in [1.165, 1.54) is 68.7 Å². The fourth-order valence-corrected chi connectivity index (χ4v) is 8.75. The number of nitrogens with one attached hydrogen (secondary N) is 1. The molecule has 0 radical (unpaired) electrons. The summed E-state index contributed by atoms with van der Waals surface area (Å²) in [4.78, 5) is 42.5. The first-order valence-electron chi connectivity index (χ1n) is 28.4. The number of ketones is 1. The zero-order valence-electron chi connectivity index (χ0n) is 51.7. The number of carbonyl (C=O) groups is 3. The molecule has 2 amide bonds. The van der Waals surface area contributed by atoms with Crippen molar-refractivity contribution in [1.29, 1.82) is 0 Å². The van der Waals surface area contributed by atoms with Crippen LogP contribution in [0.4, 0.5) is 5.69 Å². The molecule has 3 fully saturated rings. The Hall–Kier alpha value is -3.23. The summed E-state index contributed by atoms with van der Waals surface area (Å²) in [5.74, 6) is 1.35. The Morgan fingerprint density at radius 3 is 1.35 bits per heavy atom. The number of amides is 2. The molecule has 5 rings (SSSR count). The molecule has 446 valence electrons. The Labute approximate surface area is 472 Å². The zero-order valence-corrected chi connectivity index (χ0v) is 51.7. The molecule has 1 aliphatic carbocycles. The van der Waals surface area contributed by atoms with Gasteiger partial charge in [0.25, 0.3) is 0 Å². The quantitative estimate of drug-likeness (QED) is 0.284. The number of piperazine rings is 2. The zero-order chi connectivity index (χ0) is 55.8. The van der Waals surface area contributed by atoms with Crippen LogP contribution in [0, 0.1) is 22.2 Å². The standard InChI is InChI=1S/C16H24N2O.C15H22O.C12H26N2.C12H23NO.4C2H6.4CH4/c1-13(19)17-9-11-18(12-10-17)15-7-5-14(6-8-15)16(2,3)4;1-12(16)11-14-7-5-13(6-8-14)9-10-15(2,3)4;1-11(10-12(2,3)4)14-8-6-13(5)7-9-14;1-9(14)13-11-7-5-10(6-8-11)12(2,3)4;4*1-2;;;;/h5-8H,9-12H2,1-4H3;5-8H,9-11H2,1-4H3;11H,6-10H2,1-5H3;10-11H,5-8H2,1-4H3,(H,13,14);4*1-2H3;4*1H4/t;;11-;;;;;;;;;/m..0........./s1. The molecule has 1 saturated carbocycles. The predicted octanol–water partition coefficient (Wildman–Crippen LogP) is 17.9. The summed E-state index contributed by atoms with van der Waals surface area (Å²) in [5.41, 5.74) is 6.58. The third kappa shape index (κ3) is 41.5. The minimum Gasteiger partial charge on any atom is -0.368 e. The molecule has 8 nitrogen and oxygen atoms in total. The fraction of sp³-hybridized carbons (Fsp3) is 0.776. The van der Waals surface area contributed by atoms with Gasteiger partial charge in [0, 0.05) is 90.4 Å². The van der Waals surface area contributed by atoms with Crippen molar-refractivity contribution >= 4 is 23.3 Å². The molecule has 1 N–H and O–H groups in total. The number of nitrogens with zero attached hydrogens (tertiary/aromatic N) is 4. The number of hydrogen-bond donors (Lipinski definition) is 1. The highest BCUT2D eigenvalue weighted by Gasteiger charge is 2.30. The highest BCUT2D eigenvalue weighted by atomic mass is 16.2. The van der Waals surface area contributed by atoms with Gasteiger partial charge in [-0.3, -0.25) is 19.3 Å². The van der Waals surface area contributed by atoms with Crippen molar-refractivity contribution < 1.29 is 14.4 Å². The molecule has 0 aromatic heterocycles. The Bertz CT molecular complexity index is 1620. The van der Waals surface area contributed by atoms with Crippen molar-refractivity contribution in [2.45, 2.75) is 265 Å². The van der Waals surface area contributed by atoms with Crippen LogP contribution in [-0.2, 0) is 32.6 Å². The molecular formula is C67H135N5O3. The monoisotopic (exact) mass is 1060 g/mol. The largest absolute Gasteiger partial charge is 0.368 e. The van der Waals surface area contributed by atoms with Gasteiger partial charge in [0.1, 0.15) is 5.78 Å². The van der Waals surface area contributed by atoms with E-state index in [1.54, 1.807) is 20.8 Å². The third-order valence-corrected chi connectivity index (χ3v) is 12.9. The van der Waals surface area contributed by atoms with Crippen LogP contribution in [0.2, 0.25) is 0 Å². The van der Waals surface area contributed by atoms with Crippen LogP contribution >= 0.6 is 0 Å². The molecule has 2 aromatic carbocycles. The maximum atomic E-state index is 11.3. The Morgan fingerprint density at radius 1 is 0.573 bits per heavy atom. The van der Waals surface area contributed by atoms with Crippen molar-refractivity contribution in [1.82, 2.24) is 20.0 Å². The number of hydrogen-bond acceptors (Lipinski definition) is 6. The van der Waals surface area contributed by atoms with E-state index < -0.39 is 0 Å². The Morgan fingerprint density at radius 2 is 1.00 bits per heavy atom. The topological polar surface area (TPSA) is 76.2 Å². The van der Waals surface area contributed by atoms with E-state index >= 15 is 0 Å². The summed E-state index contributed by atoms with van der Waals surface area (Å²) >= 11 is 0. The number of aryl methyl sites for hydroxylation is 1. The summed E-state index contributed by atoms with van der Waals surface area (Å²) in [5, 5.41) is 3.01. The number of likely N-dealkylation sites (N-methyl/N-ethyl adjacent to an activating group) is 1. The summed E-state index contributed by atoms with van der Waals surface area (Å²) in [7, 11) is 2.21. The van der Waals surface area contributed by atoms with Gasteiger partial charge in [0.15, 0.2) is 0 Å². The van der Waals surface area contributed by atoms with E-state index in [-0.39, 0.29) is 52.7 Å². The van der Waals surface area contributed by atoms with E-state index in [0.717, 1.165) is 63.0 Å². The van der Waals surface area contributed by atoms with Gasteiger partial charge in [-0.1, -0.05) is 205 Å². The lowest BCUT2D eigenvalue weighted by molar-refractivity contribution is -0.129. The predicted molar refractivity (Wildman–Crippen MR) is 342 cm³/mol. The van der Waals surface area contributed by atoms with Crippen LogP contribution in [-0.4, -0.2) is 104 Å². The molecular weight excluding hydrogens is 923 g/mol. The van der Waals surface area contributed by atoms with Crippen molar-refractivity contribution in [2.24, 2.45) is 22.2 Å². The van der Waals surface area contributed by atoms with Crippen LogP contribution in [0.5, 0.6) is 0 Å². The molecule has 0 unspecified atom stereocenters. The number of Topliss-reactive ketones (excluding diaryl/α,β-unsaturated/α-hetero) is 1. The lowest BCUT2D eigenvalue weighted by Gasteiger charge is -2.38. The smallest absolute Gasteiger partial charge is 0.219 e. The van der Waals surface area contributed by atoms with E-state index in [9.17, 15) is 14.4 Å². The van der Waals surface area contributed by atoms with Gasteiger partial charge in [-0.15, -0.1) is 0 Å². The van der Waals surface area contributed by atoms with Crippen LogP contribution in [0.1, 0.15) is 251 Å². The highest BCUT2D eigenvalue weighted by Crippen LogP contribution is 2.37. The minimum absolute atomic E-state index is 0. The molecule has 0 bridgehead atoms. The average Bonchev–Trinajstić information content (AvgIpc) is 3.31. The molecule has 2 aromatic rings. The Balaban J connectivity index is -0.000000155. The molecule has 1 atom stereocenters. The number of rotatable bonds is 8. The second kappa shape index (κ2) is 44.7. The fourth-order valence-electron chi connectivity index (χ4n) is 8.75. The first-order chi connectivity index (χ1) is 33.0. The van der Waals surface area contributed by atoms with Crippen molar-refractivity contribution in [3.8, 4) is 0 Å². The molecule has 75 heavy (non-hydrogen) atoms. The molecule has 2 heterocycles. The normalized spacial score (nSPS) is 16.8. The molecule has 2 saturated heterocycles. The lowest BCUT2D eigenvalue weighted by Crippen LogP contribution is -2.48. The molecule has 8 heteroatoms. The van der Waals surface area contributed by atoms with Crippen LogP contribution in [0.25, 0.3) is 0 Å². The molecule has 0 spiro atoms. The number of carbonyl (C=O) groups excluding carboxylic acids is 3. The summed E-state index contributed by atoms with van der Waals surface area (Å²) in [6.45, 7) is 59.1. The van der Waals surface area contributed by atoms with Crippen LogP contribution < -0.4 is 10.2 Å². The van der Waals surface area contributed by atoms with E-state index in [0.29, 0.717) is 28.7 Å². The summed E-state index contributed by atoms with van der Waals surface area (Å²) in [6, 6.07) is 18.4. The Kier molecular flexibility index (Phi) is 51.1. The van der Waals surface area contributed by atoms with E-state index in [2.05, 4.69) is 166 Å². The van der Waals surface area contributed by atoms with Crippen molar-refractivity contribution in [2.75, 3.05) is 64.3 Å². The first kappa shape index (κ1) is 85.7. The number of anilines is 1. The van der Waals surface area contributed by atoms with Gasteiger partial charge in [-0.2, -0.15) is 0 Å². The summed E-state index contributed by atoms with van der Waals surface area (Å²) < 4.78 is 0. The second-order valence-corrected chi connectivity index (χ2v) is 23.6. The number of benzene rings is 2. The molecule has 3 aliphatic rings. The second-order valence-electron chi connectivity index (χ2n) is 23.6. The van der Waals surface area contributed by atoms with Gasteiger partial charge in [-0.25, -0.2) is 0 Å². The van der Waals surface area contributed by atoms with E-state index in [4.69, 9.17) is 0 Å². The van der Waals surface area contributed by atoms with Crippen LogP contribution in [0.3, 0.4) is 0 Å². The van der Waals surface area contributed by atoms with Gasteiger partial charge in [-0.05, 0) is 122 Å². The van der Waals surface area contributed by atoms with Crippen LogP contribution in [0.15, 0.2) is 48.5 Å². The average molecular weight is 1060 g/mol. The maximum Gasteiger partial charge on any atom is 0.219 e. The molecule has 2 aliphatic heterocycles. The minimum atomic E-state index is 0. The third-order valence-electron chi connectivity index (χ3n) is 12.9. The van der Waals surface area contributed by atoms with E-state index in [1.807, 2.05) is 60.3 Å². The summed E-state index contributed by atoms with van der Waals surface area (Å²) in [6.07, 6.45) is 8.99. The lowest BCUT2D eigenvalue weighted by atomic mass is 9.71. The van der Waals surface area contributed by atoms with Crippen molar-refractivity contribution in [3.63, 3.8) is 0 Å². The highest BCUT2D eigenvalue weighted by molar-refractivity contribution is 5.78. The SMILES string of the molecule is C.C.C.C.CC.CC.CC.CC.CC(=O)Cc1ccc(CCC(C)(C)C)cc1.CC(=O)N1CCN(c2ccc(C(C)(C)C)cc2)CC1.CC(=O)NC1CCC(C(C)(C)C)CC1.C[C@@H](CC(C)(C)C)N1CCN(C)CC1.